The molecule has 0 radical (unpaired) electrons. The minimum absolute atomic E-state index is 0.0856. The predicted molar refractivity (Wildman–Crippen MR) is 59.3 cm³/mol. The first-order valence-electron chi connectivity index (χ1n) is 5.23. The fourth-order valence-electron chi connectivity index (χ4n) is 2.42. The topological polar surface area (TPSA) is 23.6 Å². The molecule has 2 saturated heterocycles. The molecule has 0 aromatic carbocycles. The lowest BCUT2D eigenvalue weighted by Gasteiger charge is -2.49. The third kappa shape index (κ3) is 1.65. The zero-order valence-corrected chi connectivity index (χ0v) is 9.77. The normalized spacial score (nSPS) is 35.3. The van der Waals surface area contributed by atoms with Crippen molar-refractivity contribution >= 4 is 17.7 Å². The Hall–Kier alpha value is -0.220. The molecule has 2 heterocycles. The standard InChI is InChI=1S/C10H18N2OS/c1-11-6-3-5-10(8-11)12(2)9(13)4-7-14-10/h3-8H2,1-2H3. The molecule has 4 heteroatoms. The first-order valence-corrected chi connectivity index (χ1v) is 6.22. The zero-order chi connectivity index (χ0) is 10.2. The average molecular weight is 214 g/mol. The van der Waals surface area contributed by atoms with Crippen LogP contribution in [0.25, 0.3) is 0 Å². The van der Waals surface area contributed by atoms with Gasteiger partial charge < -0.3 is 9.80 Å². The maximum atomic E-state index is 11.7. The van der Waals surface area contributed by atoms with E-state index in [1.54, 1.807) is 0 Å². The summed E-state index contributed by atoms with van der Waals surface area (Å²) in [6.07, 6.45) is 3.08. The lowest BCUT2D eigenvalue weighted by molar-refractivity contribution is -0.134. The summed E-state index contributed by atoms with van der Waals surface area (Å²) in [5.41, 5.74) is 0. The van der Waals surface area contributed by atoms with Gasteiger partial charge in [0.2, 0.25) is 5.91 Å². The summed E-state index contributed by atoms with van der Waals surface area (Å²) in [5, 5.41) is 0. The zero-order valence-electron chi connectivity index (χ0n) is 8.95. The molecule has 1 spiro atoms. The number of likely N-dealkylation sites (N-methyl/N-ethyl adjacent to an activating group) is 2. The van der Waals surface area contributed by atoms with E-state index in [0.717, 1.165) is 18.7 Å². The maximum absolute atomic E-state index is 11.7. The number of rotatable bonds is 0. The fraction of sp³-hybridized carbons (Fsp3) is 0.900. The van der Waals surface area contributed by atoms with Crippen LogP contribution in [0.5, 0.6) is 0 Å². The summed E-state index contributed by atoms with van der Waals surface area (Å²) in [5.74, 6) is 1.32. The van der Waals surface area contributed by atoms with Crippen LogP contribution < -0.4 is 0 Å². The molecule has 1 amide bonds. The number of carbonyl (C=O) groups is 1. The highest BCUT2D eigenvalue weighted by atomic mass is 32.2. The molecule has 2 aliphatic heterocycles. The first-order chi connectivity index (χ1) is 6.64. The molecule has 80 valence electrons. The van der Waals surface area contributed by atoms with Crippen molar-refractivity contribution in [1.82, 2.24) is 9.80 Å². The first kappa shape index (κ1) is 10.3. The van der Waals surface area contributed by atoms with E-state index in [4.69, 9.17) is 0 Å². The van der Waals surface area contributed by atoms with E-state index >= 15 is 0 Å². The highest BCUT2D eigenvalue weighted by Gasteiger charge is 2.43. The van der Waals surface area contributed by atoms with Crippen molar-refractivity contribution < 1.29 is 4.79 Å². The minimum Gasteiger partial charge on any atom is -0.330 e. The van der Waals surface area contributed by atoms with E-state index in [1.165, 1.54) is 13.0 Å². The van der Waals surface area contributed by atoms with Gasteiger partial charge in [-0.05, 0) is 26.4 Å². The second-order valence-electron chi connectivity index (χ2n) is 4.34. The lowest BCUT2D eigenvalue weighted by Crippen LogP contribution is -2.58. The van der Waals surface area contributed by atoms with E-state index in [-0.39, 0.29) is 4.87 Å². The van der Waals surface area contributed by atoms with Crippen LogP contribution >= 0.6 is 11.8 Å². The van der Waals surface area contributed by atoms with Crippen LogP contribution in [0.15, 0.2) is 0 Å². The summed E-state index contributed by atoms with van der Waals surface area (Å²) in [4.78, 5) is 16.1. The summed E-state index contributed by atoms with van der Waals surface area (Å²) < 4.78 is 0. The number of nitrogens with zero attached hydrogens (tertiary/aromatic N) is 2. The van der Waals surface area contributed by atoms with Crippen LogP contribution in [0, 0.1) is 0 Å². The molecule has 2 rings (SSSR count). The Balaban J connectivity index is 2.15. The second kappa shape index (κ2) is 3.74. The van der Waals surface area contributed by atoms with Crippen molar-refractivity contribution in [2.45, 2.75) is 24.1 Å². The molecule has 0 aliphatic carbocycles. The molecular formula is C10H18N2OS. The van der Waals surface area contributed by atoms with Gasteiger partial charge in [0, 0.05) is 25.8 Å². The van der Waals surface area contributed by atoms with Gasteiger partial charge in [0.25, 0.3) is 0 Å². The minimum atomic E-state index is 0.0856. The lowest BCUT2D eigenvalue weighted by atomic mass is 10.0. The third-order valence-corrected chi connectivity index (χ3v) is 4.85. The summed E-state index contributed by atoms with van der Waals surface area (Å²) in [7, 11) is 4.11. The Morgan fingerprint density at radius 3 is 2.93 bits per heavy atom. The monoisotopic (exact) mass is 214 g/mol. The molecule has 0 saturated carbocycles. The number of amides is 1. The van der Waals surface area contributed by atoms with Crippen molar-refractivity contribution in [3.8, 4) is 0 Å². The van der Waals surface area contributed by atoms with Gasteiger partial charge in [0.1, 0.15) is 4.87 Å². The molecule has 14 heavy (non-hydrogen) atoms. The molecule has 0 aromatic heterocycles. The summed E-state index contributed by atoms with van der Waals surface area (Å²) in [6, 6.07) is 0. The van der Waals surface area contributed by atoms with Crippen molar-refractivity contribution in [3.63, 3.8) is 0 Å². The molecule has 1 unspecified atom stereocenters. The highest BCUT2D eigenvalue weighted by Crippen LogP contribution is 2.40. The van der Waals surface area contributed by atoms with E-state index in [2.05, 4.69) is 11.9 Å². The van der Waals surface area contributed by atoms with Crippen LogP contribution in [0.4, 0.5) is 0 Å². The third-order valence-electron chi connectivity index (χ3n) is 3.30. The molecule has 0 N–H and O–H groups in total. The van der Waals surface area contributed by atoms with Gasteiger partial charge in [0.05, 0.1) is 0 Å². The van der Waals surface area contributed by atoms with E-state index in [9.17, 15) is 4.79 Å². The van der Waals surface area contributed by atoms with Crippen molar-refractivity contribution in [2.24, 2.45) is 0 Å². The van der Waals surface area contributed by atoms with E-state index in [1.807, 2.05) is 23.7 Å². The summed E-state index contributed by atoms with van der Waals surface area (Å²) >= 11 is 1.97. The van der Waals surface area contributed by atoms with Gasteiger partial charge in [-0.25, -0.2) is 0 Å². The van der Waals surface area contributed by atoms with Crippen molar-refractivity contribution in [2.75, 3.05) is 32.9 Å². The predicted octanol–water partition coefficient (Wildman–Crippen LogP) is 1.00. The average Bonchev–Trinajstić information content (AvgIpc) is 2.14. The smallest absolute Gasteiger partial charge is 0.224 e. The van der Waals surface area contributed by atoms with Crippen LogP contribution in [-0.2, 0) is 4.79 Å². The van der Waals surface area contributed by atoms with Gasteiger partial charge in [-0.2, -0.15) is 0 Å². The number of thioether (sulfide) groups is 1. The Morgan fingerprint density at radius 1 is 1.43 bits per heavy atom. The van der Waals surface area contributed by atoms with Crippen LogP contribution in [0.3, 0.4) is 0 Å². The van der Waals surface area contributed by atoms with Gasteiger partial charge in [-0.3, -0.25) is 4.79 Å². The summed E-state index contributed by atoms with van der Waals surface area (Å²) in [6.45, 7) is 2.20. The largest absolute Gasteiger partial charge is 0.330 e. The van der Waals surface area contributed by atoms with Gasteiger partial charge in [-0.1, -0.05) is 0 Å². The molecule has 3 nitrogen and oxygen atoms in total. The Bertz CT molecular complexity index is 242. The Morgan fingerprint density at radius 2 is 2.21 bits per heavy atom. The molecular weight excluding hydrogens is 196 g/mol. The highest BCUT2D eigenvalue weighted by molar-refractivity contribution is 8.00. The van der Waals surface area contributed by atoms with E-state index in [0.29, 0.717) is 12.3 Å². The van der Waals surface area contributed by atoms with Crippen molar-refractivity contribution in [1.29, 1.82) is 0 Å². The molecule has 1 atom stereocenters. The number of hydrogen-bond acceptors (Lipinski definition) is 3. The quantitative estimate of drug-likeness (QED) is 0.601. The number of hydrogen-bond donors (Lipinski definition) is 0. The second-order valence-corrected chi connectivity index (χ2v) is 5.80. The molecule has 2 aliphatic rings. The van der Waals surface area contributed by atoms with Gasteiger partial charge >= 0.3 is 0 Å². The Labute approximate surface area is 89.8 Å². The SMILES string of the molecule is CN1CCCC2(C1)SCCC(=O)N2C. The Kier molecular flexibility index (Phi) is 2.75. The van der Waals surface area contributed by atoms with Crippen LogP contribution in [0.2, 0.25) is 0 Å². The van der Waals surface area contributed by atoms with Gasteiger partial charge in [-0.15, -0.1) is 11.8 Å². The number of carbonyl (C=O) groups excluding carboxylic acids is 1. The molecule has 2 fully saturated rings. The maximum Gasteiger partial charge on any atom is 0.224 e. The van der Waals surface area contributed by atoms with Gasteiger partial charge in [0.15, 0.2) is 0 Å². The van der Waals surface area contributed by atoms with Crippen LogP contribution in [-0.4, -0.2) is 53.5 Å². The molecule has 0 aromatic rings. The fourth-order valence-corrected chi connectivity index (χ4v) is 3.97. The number of piperidine rings is 1. The van der Waals surface area contributed by atoms with Crippen LogP contribution in [0.1, 0.15) is 19.3 Å². The molecule has 0 bridgehead atoms. The van der Waals surface area contributed by atoms with E-state index < -0.39 is 0 Å². The van der Waals surface area contributed by atoms with Crippen molar-refractivity contribution in [3.05, 3.63) is 0 Å². The number of likely N-dealkylation sites (tertiary alicyclic amines) is 1.